The number of alkyl halides is 6. The molecule has 48 heavy (non-hydrogen) atoms. The summed E-state index contributed by atoms with van der Waals surface area (Å²) < 4.78 is 93.7. The van der Waals surface area contributed by atoms with Gasteiger partial charge in [-0.2, -0.15) is 26.3 Å². The van der Waals surface area contributed by atoms with Gasteiger partial charge in [-0.3, -0.25) is 4.90 Å². The summed E-state index contributed by atoms with van der Waals surface area (Å²) in [6.07, 6.45) is -6.21. The Morgan fingerprint density at radius 1 is 1.00 bits per heavy atom. The highest BCUT2D eigenvalue weighted by Gasteiger charge is 2.42. The first-order chi connectivity index (χ1) is 22.8. The number of fused-ring (bicyclic) bond motifs is 1. The smallest absolute Gasteiger partial charge is 0.416 e. The number of carbonyl (C=O) groups is 1. The van der Waals surface area contributed by atoms with E-state index < -0.39 is 48.2 Å². The average Bonchev–Trinajstić information content (AvgIpc) is 3.58. The van der Waals surface area contributed by atoms with E-state index in [0.29, 0.717) is 48.5 Å². The highest BCUT2D eigenvalue weighted by Crippen LogP contribution is 2.44. The lowest BCUT2D eigenvalue weighted by atomic mass is 9.92. The van der Waals surface area contributed by atoms with Crippen LogP contribution in [-0.2, 0) is 36.5 Å². The molecule has 4 heterocycles. The summed E-state index contributed by atoms with van der Waals surface area (Å²) in [5, 5.41) is 13.5. The summed E-state index contributed by atoms with van der Waals surface area (Å²) in [6, 6.07) is 3.28. The van der Waals surface area contributed by atoms with Crippen LogP contribution in [0.2, 0.25) is 0 Å². The van der Waals surface area contributed by atoms with Crippen LogP contribution in [0.4, 0.5) is 42.8 Å². The molecule has 0 saturated heterocycles. The molecule has 0 spiro atoms. The number of aryl methyl sites for hydroxylation is 2. The number of nitrogens with one attached hydrogen (secondary N) is 1. The fraction of sp³-hybridized carbons (Fsp3) is 0.433. The van der Waals surface area contributed by atoms with Crippen LogP contribution in [0.15, 0.2) is 42.7 Å². The highest BCUT2D eigenvalue weighted by molar-refractivity contribution is 5.90. The van der Waals surface area contributed by atoms with Crippen molar-refractivity contribution in [1.29, 1.82) is 0 Å². The van der Waals surface area contributed by atoms with Crippen molar-refractivity contribution in [3.63, 3.8) is 0 Å². The second-order valence-corrected chi connectivity index (χ2v) is 10.9. The van der Waals surface area contributed by atoms with Crippen LogP contribution in [0.5, 0.6) is 5.88 Å². The SMILES string of the molecule is CCOC(=O)N1c2ccc(OC)nc2[C@@H](N(Cc2cc(C(F)(F)F)cc(C(F)(F)F)c2)c2ncc(CCc3nnn[nH]3)cn2)C[C@H]1CC. The second kappa shape index (κ2) is 14.0. The Hall–Kier alpha value is -5.03. The topological polar surface area (TPSA) is 135 Å². The number of nitrogens with zero attached hydrogens (tertiary/aromatic N) is 8. The minimum atomic E-state index is -5.04. The van der Waals surface area contributed by atoms with Gasteiger partial charge in [-0.1, -0.05) is 6.92 Å². The molecule has 18 heteroatoms. The van der Waals surface area contributed by atoms with Gasteiger partial charge in [-0.25, -0.2) is 24.8 Å². The first-order valence-corrected chi connectivity index (χ1v) is 14.9. The molecular formula is C30H31F6N9O3. The molecule has 1 N–H and O–H groups in total. The van der Waals surface area contributed by atoms with Crippen LogP contribution in [0.1, 0.15) is 66.5 Å². The Morgan fingerprint density at radius 2 is 1.69 bits per heavy atom. The molecule has 12 nitrogen and oxygen atoms in total. The van der Waals surface area contributed by atoms with Crippen molar-refractivity contribution in [3.8, 4) is 5.88 Å². The molecule has 256 valence electrons. The normalized spacial score (nSPS) is 16.4. The van der Waals surface area contributed by atoms with E-state index in [1.54, 1.807) is 19.1 Å². The number of amides is 1. The van der Waals surface area contributed by atoms with Gasteiger partial charge in [-0.15, -0.1) is 5.10 Å². The van der Waals surface area contributed by atoms with Gasteiger partial charge in [0, 0.05) is 37.5 Å². The summed E-state index contributed by atoms with van der Waals surface area (Å²) in [5.74, 6) is 0.724. The summed E-state index contributed by atoms with van der Waals surface area (Å²) >= 11 is 0. The molecule has 0 aliphatic carbocycles. The maximum atomic E-state index is 13.8. The van der Waals surface area contributed by atoms with Crippen LogP contribution < -0.4 is 14.5 Å². The fourth-order valence-corrected chi connectivity index (χ4v) is 5.55. The predicted molar refractivity (Wildman–Crippen MR) is 158 cm³/mol. The fourth-order valence-electron chi connectivity index (χ4n) is 5.55. The minimum Gasteiger partial charge on any atom is -0.481 e. The van der Waals surface area contributed by atoms with E-state index in [9.17, 15) is 31.1 Å². The van der Waals surface area contributed by atoms with E-state index in [2.05, 4.69) is 35.6 Å². The zero-order valence-corrected chi connectivity index (χ0v) is 26.0. The number of H-pyrrole nitrogens is 1. The molecule has 0 radical (unpaired) electrons. The van der Waals surface area contributed by atoms with E-state index in [0.717, 1.165) is 0 Å². The molecule has 5 rings (SSSR count). The Labute approximate surface area is 270 Å². The first-order valence-electron chi connectivity index (χ1n) is 14.9. The molecule has 0 bridgehead atoms. The number of rotatable bonds is 10. The van der Waals surface area contributed by atoms with Gasteiger partial charge in [0.25, 0.3) is 0 Å². The van der Waals surface area contributed by atoms with E-state index in [1.165, 1.54) is 29.3 Å². The number of hydrogen-bond donors (Lipinski definition) is 1. The number of pyridine rings is 1. The van der Waals surface area contributed by atoms with Crippen molar-refractivity contribution in [1.82, 2.24) is 35.6 Å². The number of halogens is 6. The second-order valence-electron chi connectivity index (χ2n) is 10.9. The zero-order chi connectivity index (χ0) is 34.6. The monoisotopic (exact) mass is 679 g/mol. The van der Waals surface area contributed by atoms with E-state index in [-0.39, 0.29) is 42.2 Å². The minimum absolute atomic E-state index is 0.0195. The van der Waals surface area contributed by atoms with Gasteiger partial charge >= 0.3 is 18.4 Å². The van der Waals surface area contributed by atoms with Crippen LogP contribution in [0.25, 0.3) is 0 Å². The molecule has 3 aromatic heterocycles. The lowest BCUT2D eigenvalue weighted by molar-refractivity contribution is -0.143. The van der Waals surface area contributed by atoms with Crippen molar-refractivity contribution in [3.05, 3.63) is 76.5 Å². The van der Waals surface area contributed by atoms with Gasteiger partial charge in [0.2, 0.25) is 11.8 Å². The van der Waals surface area contributed by atoms with Gasteiger partial charge < -0.3 is 14.4 Å². The molecular weight excluding hydrogens is 648 g/mol. The number of anilines is 2. The number of hydrogen-bond acceptors (Lipinski definition) is 10. The van der Waals surface area contributed by atoms with E-state index in [4.69, 9.17) is 9.47 Å². The molecule has 1 aromatic carbocycles. The van der Waals surface area contributed by atoms with Crippen molar-refractivity contribution in [2.24, 2.45) is 0 Å². The number of methoxy groups -OCH3 is 1. The number of benzene rings is 1. The van der Waals surface area contributed by atoms with Crippen molar-refractivity contribution in [2.75, 3.05) is 23.5 Å². The Kier molecular flexibility index (Phi) is 10.00. The largest absolute Gasteiger partial charge is 0.481 e. The van der Waals surface area contributed by atoms with E-state index >= 15 is 0 Å². The third-order valence-electron chi connectivity index (χ3n) is 7.82. The number of aromatic nitrogens is 7. The molecule has 1 amide bonds. The Balaban J connectivity index is 1.63. The number of carbonyl (C=O) groups excluding carboxylic acids is 1. The third-order valence-corrected chi connectivity index (χ3v) is 7.82. The molecule has 0 unspecified atom stereocenters. The standard InChI is InChI=1S/C30H31F6N9O3/c1-4-21-13-23(26-22(7-9-25(39-26)47-3)45(21)28(46)48-5-2)44(27-37-14-17(15-38-27)6-8-24-40-42-43-41-24)16-18-10-19(29(31,32)33)12-20(11-18)30(34,35)36/h7,9-12,14-15,21,23H,4-6,8,13,16H2,1-3H3,(H,40,41,42,43)/t21-,23+/m1/s1. The van der Waals surface area contributed by atoms with Crippen molar-refractivity contribution >= 4 is 17.7 Å². The molecule has 0 fully saturated rings. The third kappa shape index (κ3) is 7.57. The lowest BCUT2D eigenvalue weighted by Gasteiger charge is -2.43. The van der Waals surface area contributed by atoms with Gasteiger partial charge in [-0.05, 0) is 72.0 Å². The average molecular weight is 680 g/mol. The maximum absolute atomic E-state index is 13.8. The van der Waals surface area contributed by atoms with Crippen LogP contribution in [0.3, 0.4) is 0 Å². The summed E-state index contributed by atoms with van der Waals surface area (Å²) in [6.45, 7) is 3.14. The number of tetrazole rings is 1. The summed E-state index contributed by atoms with van der Waals surface area (Å²) in [4.78, 5) is 29.7. The number of aromatic amines is 1. The van der Waals surface area contributed by atoms with Crippen molar-refractivity contribution in [2.45, 2.75) is 70.5 Å². The van der Waals surface area contributed by atoms with Gasteiger partial charge in [0.15, 0.2) is 0 Å². The van der Waals surface area contributed by atoms with Crippen LogP contribution >= 0.6 is 0 Å². The number of ether oxygens (including phenoxy) is 2. The van der Waals surface area contributed by atoms with Gasteiger partial charge in [0.05, 0.1) is 42.3 Å². The quantitative estimate of drug-likeness (QED) is 0.196. The maximum Gasteiger partial charge on any atom is 0.416 e. The van der Waals surface area contributed by atoms with Crippen molar-refractivity contribution < 1.29 is 40.6 Å². The van der Waals surface area contributed by atoms with Gasteiger partial charge in [0.1, 0.15) is 5.82 Å². The van der Waals surface area contributed by atoms with E-state index in [1.807, 2.05) is 6.92 Å². The molecule has 1 aliphatic heterocycles. The zero-order valence-electron chi connectivity index (χ0n) is 26.0. The molecule has 1 aliphatic rings. The highest BCUT2D eigenvalue weighted by atomic mass is 19.4. The first kappa shape index (κ1) is 34.3. The lowest BCUT2D eigenvalue weighted by Crippen LogP contribution is -2.48. The molecule has 0 saturated carbocycles. The van der Waals surface area contributed by atoms with Crippen LogP contribution in [0, 0.1) is 0 Å². The Morgan fingerprint density at radius 3 is 2.25 bits per heavy atom. The molecule has 2 atom stereocenters. The summed E-state index contributed by atoms with van der Waals surface area (Å²) in [7, 11) is 1.39. The Bertz CT molecular complexity index is 1670. The van der Waals surface area contributed by atoms with Crippen LogP contribution in [-0.4, -0.2) is 61.4 Å². The molecule has 4 aromatic rings. The summed E-state index contributed by atoms with van der Waals surface area (Å²) in [5.41, 5.74) is -1.88. The predicted octanol–water partition coefficient (Wildman–Crippen LogP) is 6.11.